The molecule has 0 atom stereocenters. The van der Waals surface area contributed by atoms with Gasteiger partial charge in [-0.25, -0.2) is 0 Å². The molecule has 0 bridgehead atoms. The van der Waals surface area contributed by atoms with Crippen LogP contribution in [-0.2, 0) is 7.05 Å². The molecule has 3 rings (SSSR count). The van der Waals surface area contributed by atoms with E-state index in [2.05, 4.69) is 55.9 Å². The van der Waals surface area contributed by atoms with Gasteiger partial charge in [0.2, 0.25) is 0 Å². The molecule has 0 saturated heterocycles. The van der Waals surface area contributed by atoms with Crippen molar-refractivity contribution in [2.45, 2.75) is 20.8 Å². The summed E-state index contributed by atoms with van der Waals surface area (Å²) < 4.78 is 1.94. The highest BCUT2D eigenvalue weighted by Crippen LogP contribution is 2.32. The highest BCUT2D eigenvalue weighted by Gasteiger charge is 2.16. The van der Waals surface area contributed by atoms with Gasteiger partial charge in [-0.15, -0.1) is 0 Å². The summed E-state index contributed by atoms with van der Waals surface area (Å²) in [6, 6.07) is 16.4. The summed E-state index contributed by atoms with van der Waals surface area (Å²) in [4.78, 5) is 0. The van der Waals surface area contributed by atoms with E-state index in [0.717, 1.165) is 16.8 Å². The summed E-state index contributed by atoms with van der Waals surface area (Å²) in [6.07, 6.45) is 0. The van der Waals surface area contributed by atoms with Crippen molar-refractivity contribution in [3.63, 3.8) is 0 Å². The first-order chi connectivity index (χ1) is 11.1. The quantitative estimate of drug-likeness (QED) is 0.609. The van der Waals surface area contributed by atoms with Crippen LogP contribution in [0.15, 0.2) is 48.5 Å². The molecule has 0 spiro atoms. The lowest BCUT2D eigenvalue weighted by Crippen LogP contribution is -1.94. The van der Waals surface area contributed by atoms with Gasteiger partial charge >= 0.3 is 0 Å². The molecule has 0 fully saturated rings. The number of hydrogen-bond donors (Lipinski definition) is 0. The van der Waals surface area contributed by atoms with Gasteiger partial charge in [0.05, 0.1) is 5.69 Å². The van der Waals surface area contributed by atoms with Crippen molar-refractivity contribution in [3.05, 3.63) is 76.6 Å². The third-order valence-electron chi connectivity index (χ3n) is 4.15. The van der Waals surface area contributed by atoms with E-state index in [9.17, 15) is 0 Å². The first-order valence-electron chi connectivity index (χ1n) is 7.75. The lowest BCUT2D eigenvalue weighted by molar-refractivity contribution is 0.731. The topological polar surface area (TPSA) is 17.8 Å². The Kier molecular flexibility index (Phi) is 4.04. The third-order valence-corrected chi connectivity index (χ3v) is 4.15. The molecular weight excluding hydrogens is 280 g/mol. The van der Waals surface area contributed by atoms with Crippen LogP contribution in [0.4, 0.5) is 0 Å². The van der Waals surface area contributed by atoms with E-state index < -0.39 is 0 Å². The number of nitrogens with zero attached hydrogens (tertiary/aromatic N) is 2. The number of rotatable bonds is 1. The maximum atomic E-state index is 4.56. The summed E-state index contributed by atoms with van der Waals surface area (Å²) in [5.74, 6) is 6.61. The SMILES string of the molecule is Cc1cccc(C#Cc2ccccc2)c1-c1c(C)nn(C)c1C. The second-order valence-electron chi connectivity index (χ2n) is 5.78. The van der Waals surface area contributed by atoms with Crippen LogP contribution in [0.3, 0.4) is 0 Å². The van der Waals surface area contributed by atoms with Crippen LogP contribution in [0.1, 0.15) is 28.1 Å². The lowest BCUT2D eigenvalue weighted by Gasteiger charge is -2.09. The smallest absolute Gasteiger partial charge is 0.0675 e. The van der Waals surface area contributed by atoms with E-state index in [1.165, 1.54) is 22.4 Å². The Balaban J connectivity index is 2.17. The molecule has 0 saturated carbocycles. The van der Waals surface area contributed by atoms with E-state index in [1.807, 2.05) is 42.1 Å². The molecule has 0 aliphatic carbocycles. The minimum Gasteiger partial charge on any atom is -0.272 e. The van der Waals surface area contributed by atoms with Crippen LogP contribution >= 0.6 is 0 Å². The molecule has 2 aromatic carbocycles. The molecule has 114 valence electrons. The molecule has 1 heterocycles. The highest BCUT2D eigenvalue weighted by molar-refractivity contribution is 5.78. The minimum atomic E-state index is 1.03. The fourth-order valence-electron chi connectivity index (χ4n) is 2.90. The van der Waals surface area contributed by atoms with Crippen LogP contribution in [0.2, 0.25) is 0 Å². The summed E-state index contributed by atoms with van der Waals surface area (Å²) in [6.45, 7) is 6.30. The van der Waals surface area contributed by atoms with Crippen molar-refractivity contribution in [2.75, 3.05) is 0 Å². The van der Waals surface area contributed by atoms with Gasteiger partial charge in [0.15, 0.2) is 0 Å². The van der Waals surface area contributed by atoms with Gasteiger partial charge < -0.3 is 0 Å². The van der Waals surface area contributed by atoms with Gasteiger partial charge in [-0.3, -0.25) is 4.68 Å². The molecule has 0 amide bonds. The van der Waals surface area contributed by atoms with E-state index >= 15 is 0 Å². The largest absolute Gasteiger partial charge is 0.272 e. The summed E-state index contributed by atoms with van der Waals surface area (Å²) in [5.41, 5.74) is 7.90. The molecule has 0 aliphatic rings. The molecule has 2 heteroatoms. The first kappa shape index (κ1) is 15.1. The number of aryl methyl sites for hydroxylation is 3. The number of benzene rings is 2. The summed E-state index contributed by atoms with van der Waals surface area (Å²) in [7, 11) is 1.99. The van der Waals surface area contributed by atoms with Crippen molar-refractivity contribution in [1.29, 1.82) is 0 Å². The van der Waals surface area contributed by atoms with Crippen molar-refractivity contribution in [1.82, 2.24) is 9.78 Å². The summed E-state index contributed by atoms with van der Waals surface area (Å²) in [5, 5.41) is 4.56. The van der Waals surface area contributed by atoms with E-state index in [0.29, 0.717) is 0 Å². The van der Waals surface area contributed by atoms with E-state index in [4.69, 9.17) is 0 Å². The Bertz CT molecular complexity index is 906. The van der Waals surface area contributed by atoms with Crippen molar-refractivity contribution < 1.29 is 0 Å². The zero-order chi connectivity index (χ0) is 16.4. The van der Waals surface area contributed by atoms with E-state index in [1.54, 1.807) is 0 Å². The van der Waals surface area contributed by atoms with Gasteiger partial charge in [-0.05, 0) is 44.5 Å². The number of aromatic nitrogens is 2. The molecule has 0 N–H and O–H groups in total. The molecule has 3 aromatic rings. The highest BCUT2D eigenvalue weighted by atomic mass is 15.3. The zero-order valence-corrected chi connectivity index (χ0v) is 14.0. The molecule has 2 nitrogen and oxygen atoms in total. The third kappa shape index (κ3) is 2.91. The lowest BCUT2D eigenvalue weighted by atomic mass is 9.93. The molecule has 23 heavy (non-hydrogen) atoms. The number of hydrogen-bond acceptors (Lipinski definition) is 1. The van der Waals surface area contributed by atoms with Crippen LogP contribution in [0, 0.1) is 32.6 Å². The van der Waals surface area contributed by atoms with Crippen molar-refractivity contribution >= 4 is 0 Å². The Labute approximate surface area is 137 Å². The monoisotopic (exact) mass is 300 g/mol. The molecule has 0 radical (unpaired) electrons. The zero-order valence-electron chi connectivity index (χ0n) is 14.0. The van der Waals surface area contributed by atoms with Gasteiger partial charge in [0, 0.05) is 35.0 Å². The van der Waals surface area contributed by atoms with Crippen LogP contribution < -0.4 is 0 Å². The second-order valence-corrected chi connectivity index (χ2v) is 5.78. The summed E-state index contributed by atoms with van der Waals surface area (Å²) >= 11 is 0. The average Bonchev–Trinajstić information content (AvgIpc) is 2.80. The molecule has 0 aliphatic heterocycles. The van der Waals surface area contributed by atoms with Gasteiger partial charge in [0.1, 0.15) is 0 Å². The second kappa shape index (κ2) is 6.14. The van der Waals surface area contributed by atoms with Gasteiger partial charge in [-0.2, -0.15) is 5.10 Å². The minimum absolute atomic E-state index is 1.03. The predicted molar refractivity (Wildman–Crippen MR) is 95.3 cm³/mol. The average molecular weight is 300 g/mol. The van der Waals surface area contributed by atoms with Gasteiger partial charge in [0.25, 0.3) is 0 Å². The standard InChI is InChI=1S/C21H20N2/c1-15-9-8-12-19(14-13-18-10-6-5-7-11-18)20(15)21-16(2)22-23(4)17(21)3/h5-12H,1-4H3. The molecular formula is C21H20N2. The molecule has 1 aromatic heterocycles. The maximum absolute atomic E-state index is 4.56. The first-order valence-corrected chi connectivity index (χ1v) is 7.75. The van der Waals surface area contributed by atoms with E-state index in [-0.39, 0.29) is 0 Å². The maximum Gasteiger partial charge on any atom is 0.0675 e. The Hall–Kier alpha value is -2.79. The van der Waals surface area contributed by atoms with Crippen LogP contribution in [0.25, 0.3) is 11.1 Å². The van der Waals surface area contributed by atoms with Crippen LogP contribution in [-0.4, -0.2) is 9.78 Å². The normalized spacial score (nSPS) is 10.3. The Morgan fingerprint density at radius 2 is 1.57 bits per heavy atom. The van der Waals surface area contributed by atoms with Crippen LogP contribution in [0.5, 0.6) is 0 Å². The van der Waals surface area contributed by atoms with Crippen molar-refractivity contribution in [2.24, 2.45) is 7.05 Å². The predicted octanol–water partition coefficient (Wildman–Crippen LogP) is 4.41. The Morgan fingerprint density at radius 3 is 2.22 bits per heavy atom. The molecule has 0 unspecified atom stereocenters. The fourth-order valence-corrected chi connectivity index (χ4v) is 2.90. The van der Waals surface area contributed by atoms with Gasteiger partial charge in [-0.1, -0.05) is 42.2 Å². The fraction of sp³-hybridized carbons (Fsp3) is 0.190. The Morgan fingerprint density at radius 1 is 0.826 bits per heavy atom. The van der Waals surface area contributed by atoms with Crippen molar-refractivity contribution in [3.8, 4) is 23.0 Å².